The van der Waals surface area contributed by atoms with Crippen LogP contribution in [-0.4, -0.2) is 59.3 Å². The maximum atomic E-state index is 12.5. The van der Waals surface area contributed by atoms with Crippen molar-refractivity contribution in [1.29, 1.82) is 0 Å². The van der Waals surface area contributed by atoms with Gasteiger partial charge >= 0.3 is 12.0 Å². The minimum absolute atomic E-state index is 0.111. The second-order valence-electron chi connectivity index (χ2n) is 5.58. The molecule has 0 saturated carbocycles. The average molecular weight is 325 g/mol. The van der Waals surface area contributed by atoms with Crippen LogP contribution in [0.4, 0.5) is 9.93 Å². The molecular weight excluding hydrogens is 306 g/mol. The number of rotatable bonds is 4. The van der Waals surface area contributed by atoms with E-state index in [2.05, 4.69) is 4.98 Å². The lowest BCUT2D eigenvalue weighted by Gasteiger charge is -2.27. The zero-order valence-electron chi connectivity index (χ0n) is 12.4. The molecule has 3 rings (SSSR count). The fourth-order valence-corrected chi connectivity index (χ4v) is 3.75. The van der Waals surface area contributed by atoms with Gasteiger partial charge in [-0.25, -0.2) is 14.6 Å². The number of aromatic carboxylic acids is 1. The Hall–Kier alpha value is -1.67. The standard InChI is InChI=1S/C14H19N3O4S/c1-9-11(12(18)19)22-13(15-9)17-6-5-16(14(17)20)8-10-4-2-3-7-21-10/h10H,2-8H2,1H3,(H,18,19). The molecule has 3 heterocycles. The van der Waals surface area contributed by atoms with E-state index in [1.54, 1.807) is 16.7 Å². The number of thiazole rings is 1. The molecule has 120 valence electrons. The van der Waals surface area contributed by atoms with E-state index in [1.807, 2.05) is 0 Å². The molecule has 8 heteroatoms. The third-order valence-electron chi connectivity index (χ3n) is 4.00. The first kappa shape index (κ1) is 15.2. The molecule has 2 aliphatic heterocycles. The number of ether oxygens (including phenoxy) is 1. The lowest BCUT2D eigenvalue weighted by molar-refractivity contribution is 0.00338. The molecule has 0 bridgehead atoms. The molecule has 0 aromatic carbocycles. The summed E-state index contributed by atoms with van der Waals surface area (Å²) in [7, 11) is 0. The second-order valence-corrected chi connectivity index (χ2v) is 6.56. The van der Waals surface area contributed by atoms with E-state index in [0.29, 0.717) is 30.5 Å². The fraction of sp³-hybridized carbons (Fsp3) is 0.643. The van der Waals surface area contributed by atoms with Crippen LogP contribution in [0.5, 0.6) is 0 Å². The number of carbonyl (C=O) groups is 2. The highest BCUT2D eigenvalue weighted by atomic mass is 32.1. The van der Waals surface area contributed by atoms with Crippen LogP contribution in [0, 0.1) is 6.92 Å². The number of urea groups is 1. The normalized spacial score (nSPS) is 22.4. The molecule has 7 nitrogen and oxygen atoms in total. The number of hydrogen-bond acceptors (Lipinski definition) is 5. The summed E-state index contributed by atoms with van der Waals surface area (Å²) < 4.78 is 5.68. The van der Waals surface area contributed by atoms with Crippen molar-refractivity contribution in [2.45, 2.75) is 32.3 Å². The van der Waals surface area contributed by atoms with Gasteiger partial charge in [-0.05, 0) is 26.2 Å². The topological polar surface area (TPSA) is 83.0 Å². The summed E-state index contributed by atoms with van der Waals surface area (Å²) in [5.41, 5.74) is 0.453. The summed E-state index contributed by atoms with van der Waals surface area (Å²) in [5, 5.41) is 9.56. The fourth-order valence-electron chi connectivity index (χ4n) is 2.82. The number of nitrogens with zero attached hydrogens (tertiary/aromatic N) is 3. The van der Waals surface area contributed by atoms with Crippen molar-refractivity contribution >= 4 is 28.5 Å². The number of carboxylic acids is 1. The Morgan fingerprint density at radius 2 is 2.27 bits per heavy atom. The Morgan fingerprint density at radius 1 is 1.45 bits per heavy atom. The number of amides is 2. The van der Waals surface area contributed by atoms with Crippen LogP contribution in [0.15, 0.2) is 0 Å². The van der Waals surface area contributed by atoms with Gasteiger partial charge < -0.3 is 14.7 Å². The Balaban J connectivity index is 1.68. The Bertz CT molecular complexity index is 583. The second kappa shape index (κ2) is 6.21. The molecule has 2 amide bonds. The molecule has 1 unspecified atom stereocenters. The SMILES string of the molecule is Cc1nc(N2CCN(CC3CCCCO3)C2=O)sc1C(=O)O. The number of anilines is 1. The van der Waals surface area contributed by atoms with Gasteiger partial charge in [-0.1, -0.05) is 11.3 Å². The zero-order chi connectivity index (χ0) is 15.7. The van der Waals surface area contributed by atoms with Crippen molar-refractivity contribution in [2.24, 2.45) is 0 Å². The third-order valence-corrected chi connectivity index (χ3v) is 5.17. The van der Waals surface area contributed by atoms with Crippen LogP contribution in [-0.2, 0) is 4.74 Å². The molecule has 2 saturated heterocycles. The van der Waals surface area contributed by atoms with Gasteiger partial charge in [0.05, 0.1) is 11.8 Å². The van der Waals surface area contributed by atoms with Gasteiger partial charge in [0.15, 0.2) is 5.13 Å². The number of aromatic nitrogens is 1. The smallest absolute Gasteiger partial charge is 0.347 e. The molecule has 2 fully saturated rings. The molecule has 22 heavy (non-hydrogen) atoms. The van der Waals surface area contributed by atoms with Gasteiger partial charge in [-0.15, -0.1) is 0 Å². The van der Waals surface area contributed by atoms with E-state index in [1.165, 1.54) is 0 Å². The van der Waals surface area contributed by atoms with Crippen molar-refractivity contribution in [3.63, 3.8) is 0 Å². The lowest BCUT2D eigenvalue weighted by atomic mass is 10.1. The van der Waals surface area contributed by atoms with Crippen LogP contribution < -0.4 is 4.90 Å². The van der Waals surface area contributed by atoms with Gasteiger partial charge in [0.1, 0.15) is 4.88 Å². The monoisotopic (exact) mass is 325 g/mol. The van der Waals surface area contributed by atoms with E-state index in [9.17, 15) is 9.59 Å². The van der Waals surface area contributed by atoms with Crippen LogP contribution in [0.2, 0.25) is 0 Å². The van der Waals surface area contributed by atoms with Crippen molar-refractivity contribution < 1.29 is 19.4 Å². The number of hydrogen-bond donors (Lipinski definition) is 1. The summed E-state index contributed by atoms with van der Waals surface area (Å²) in [5.74, 6) is -1.000. The predicted octanol–water partition coefficient (Wildman–Crippen LogP) is 1.96. The lowest BCUT2D eigenvalue weighted by Crippen LogP contribution is -2.39. The summed E-state index contributed by atoms with van der Waals surface area (Å²) in [6, 6.07) is -0.111. The van der Waals surface area contributed by atoms with Crippen molar-refractivity contribution in [3.8, 4) is 0 Å². The van der Waals surface area contributed by atoms with Crippen molar-refractivity contribution in [1.82, 2.24) is 9.88 Å². The minimum Gasteiger partial charge on any atom is -0.477 e. The first-order valence-corrected chi connectivity index (χ1v) is 8.26. The van der Waals surface area contributed by atoms with Gasteiger partial charge in [-0.2, -0.15) is 0 Å². The predicted molar refractivity (Wildman–Crippen MR) is 81.7 cm³/mol. The molecule has 1 atom stereocenters. The van der Waals surface area contributed by atoms with E-state index in [0.717, 1.165) is 37.2 Å². The van der Waals surface area contributed by atoms with Crippen LogP contribution in [0.25, 0.3) is 0 Å². The van der Waals surface area contributed by atoms with Crippen LogP contribution in [0.1, 0.15) is 34.6 Å². The van der Waals surface area contributed by atoms with Gasteiger partial charge in [0, 0.05) is 26.2 Å². The maximum absolute atomic E-state index is 12.5. The zero-order valence-corrected chi connectivity index (χ0v) is 13.3. The van der Waals surface area contributed by atoms with E-state index in [-0.39, 0.29) is 17.0 Å². The largest absolute Gasteiger partial charge is 0.477 e. The maximum Gasteiger partial charge on any atom is 0.347 e. The van der Waals surface area contributed by atoms with Gasteiger partial charge in [0.25, 0.3) is 0 Å². The van der Waals surface area contributed by atoms with Crippen molar-refractivity contribution in [2.75, 3.05) is 31.1 Å². The number of aryl methyl sites for hydroxylation is 1. The Labute approximate surface area is 132 Å². The summed E-state index contributed by atoms with van der Waals surface area (Å²) in [6.45, 7) is 4.18. The molecule has 0 spiro atoms. The Morgan fingerprint density at radius 3 is 2.91 bits per heavy atom. The highest BCUT2D eigenvalue weighted by molar-refractivity contribution is 7.17. The van der Waals surface area contributed by atoms with Gasteiger partial charge in [-0.3, -0.25) is 4.90 Å². The molecule has 1 N–H and O–H groups in total. The van der Waals surface area contributed by atoms with Crippen molar-refractivity contribution in [3.05, 3.63) is 10.6 Å². The number of carbonyl (C=O) groups excluding carboxylic acids is 1. The summed E-state index contributed by atoms with van der Waals surface area (Å²) >= 11 is 1.05. The first-order valence-electron chi connectivity index (χ1n) is 7.45. The minimum atomic E-state index is -1.000. The first-order chi connectivity index (χ1) is 10.6. The molecule has 2 aliphatic rings. The van der Waals surface area contributed by atoms with E-state index < -0.39 is 5.97 Å². The summed E-state index contributed by atoms with van der Waals surface area (Å²) in [4.78, 5) is 31.3. The number of carboxylic acid groups (broad SMARTS) is 1. The highest BCUT2D eigenvalue weighted by Crippen LogP contribution is 2.29. The molecule has 0 aliphatic carbocycles. The third kappa shape index (κ3) is 2.93. The molecule has 1 aromatic heterocycles. The Kier molecular flexibility index (Phi) is 4.30. The van der Waals surface area contributed by atoms with Crippen LogP contribution in [0.3, 0.4) is 0 Å². The quantitative estimate of drug-likeness (QED) is 0.915. The van der Waals surface area contributed by atoms with E-state index in [4.69, 9.17) is 9.84 Å². The van der Waals surface area contributed by atoms with Gasteiger partial charge in [0.2, 0.25) is 0 Å². The highest BCUT2D eigenvalue weighted by Gasteiger charge is 2.34. The average Bonchev–Trinajstić information content (AvgIpc) is 3.04. The van der Waals surface area contributed by atoms with Crippen LogP contribution >= 0.6 is 11.3 Å². The molecular formula is C14H19N3O4S. The molecule has 0 radical (unpaired) electrons. The van der Waals surface area contributed by atoms with E-state index >= 15 is 0 Å². The molecule has 1 aromatic rings. The summed E-state index contributed by atoms with van der Waals surface area (Å²) in [6.07, 6.45) is 3.34.